The first-order valence-electron chi connectivity index (χ1n) is 4.45. The molecule has 0 radical (unpaired) electrons. The lowest BCUT2D eigenvalue weighted by molar-refractivity contribution is 0.0281. The highest BCUT2D eigenvalue weighted by Crippen LogP contribution is 2.27. The Balaban J connectivity index is 2.45. The third-order valence-corrected chi connectivity index (χ3v) is 2.51. The van der Waals surface area contributed by atoms with Crippen molar-refractivity contribution in [3.05, 3.63) is 0 Å². The lowest BCUT2D eigenvalue weighted by atomic mass is 9.86. The lowest BCUT2D eigenvalue weighted by Gasteiger charge is -2.25. The molecule has 1 fully saturated rings. The molecule has 2 heteroatoms. The van der Waals surface area contributed by atoms with Gasteiger partial charge in [-0.25, -0.2) is 0 Å². The van der Waals surface area contributed by atoms with Crippen LogP contribution in [0.3, 0.4) is 0 Å². The fourth-order valence-corrected chi connectivity index (χ4v) is 1.77. The molecule has 0 aromatic carbocycles. The summed E-state index contributed by atoms with van der Waals surface area (Å²) in [5.74, 6) is 1.13. The van der Waals surface area contributed by atoms with E-state index in [2.05, 4.69) is 19.2 Å². The molecule has 2 nitrogen and oxygen atoms in total. The van der Waals surface area contributed by atoms with E-state index in [1.807, 2.05) is 6.92 Å². The van der Waals surface area contributed by atoms with E-state index in [1.54, 1.807) is 0 Å². The molecule has 1 heterocycles. The van der Waals surface area contributed by atoms with Crippen LogP contribution < -0.4 is 5.32 Å². The summed E-state index contributed by atoms with van der Waals surface area (Å²) < 4.78 is 0. The highest BCUT2D eigenvalue weighted by atomic mass is 16.3. The molecule has 0 aromatic heterocycles. The Morgan fingerprint density at radius 2 is 2.27 bits per heavy atom. The Labute approximate surface area is 69.0 Å². The average molecular weight is 157 g/mol. The molecule has 11 heavy (non-hydrogen) atoms. The second-order valence-electron chi connectivity index (χ2n) is 4.31. The molecule has 1 rings (SSSR count). The predicted molar refractivity (Wildman–Crippen MR) is 46.4 cm³/mol. The van der Waals surface area contributed by atoms with Crippen molar-refractivity contribution in [3.63, 3.8) is 0 Å². The molecule has 0 aliphatic carbocycles. The molecule has 1 aliphatic rings. The minimum absolute atomic E-state index is 0.447. The molecule has 1 aliphatic heterocycles. The van der Waals surface area contributed by atoms with Gasteiger partial charge in [-0.05, 0) is 19.3 Å². The van der Waals surface area contributed by atoms with Gasteiger partial charge in [-0.3, -0.25) is 0 Å². The van der Waals surface area contributed by atoms with E-state index in [0.29, 0.717) is 11.8 Å². The van der Waals surface area contributed by atoms with Gasteiger partial charge in [-0.2, -0.15) is 0 Å². The zero-order valence-electron chi connectivity index (χ0n) is 7.72. The fraction of sp³-hybridized carbons (Fsp3) is 1.00. The molecule has 2 atom stereocenters. The van der Waals surface area contributed by atoms with Crippen LogP contribution in [0.2, 0.25) is 0 Å². The summed E-state index contributed by atoms with van der Waals surface area (Å²) in [5.41, 5.74) is -0.468. The largest absolute Gasteiger partial charge is 0.389 e. The van der Waals surface area contributed by atoms with Crippen molar-refractivity contribution in [2.75, 3.05) is 13.1 Å². The average Bonchev–Trinajstić information content (AvgIpc) is 2.10. The van der Waals surface area contributed by atoms with Crippen LogP contribution in [0.15, 0.2) is 0 Å². The first-order valence-corrected chi connectivity index (χ1v) is 4.45. The van der Waals surface area contributed by atoms with E-state index in [4.69, 9.17) is 0 Å². The predicted octanol–water partition coefficient (Wildman–Crippen LogP) is 1.00. The molecule has 1 saturated heterocycles. The molecule has 0 aromatic rings. The molecule has 0 spiro atoms. The number of nitrogens with one attached hydrogen (secondary N) is 1. The van der Waals surface area contributed by atoms with E-state index in [9.17, 15) is 5.11 Å². The summed E-state index contributed by atoms with van der Waals surface area (Å²) >= 11 is 0. The monoisotopic (exact) mass is 157 g/mol. The van der Waals surface area contributed by atoms with Crippen molar-refractivity contribution in [2.24, 2.45) is 11.8 Å². The van der Waals surface area contributed by atoms with Crippen molar-refractivity contribution in [1.29, 1.82) is 0 Å². The van der Waals surface area contributed by atoms with Crippen LogP contribution in [0.1, 0.15) is 27.2 Å². The van der Waals surface area contributed by atoms with Gasteiger partial charge in [0.1, 0.15) is 0 Å². The number of aliphatic hydroxyl groups is 1. The van der Waals surface area contributed by atoms with E-state index in [1.165, 1.54) is 0 Å². The van der Waals surface area contributed by atoms with E-state index < -0.39 is 5.60 Å². The molecule has 2 unspecified atom stereocenters. The van der Waals surface area contributed by atoms with E-state index in [0.717, 1.165) is 19.5 Å². The third kappa shape index (κ3) is 2.17. The maximum absolute atomic E-state index is 9.84. The number of rotatable bonds is 2. The topological polar surface area (TPSA) is 32.3 Å². The van der Waals surface area contributed by atoms with Crippen molar-refractivity contribution >= 4 is 0 Å². The number of hydrogen-bond acceptors (Lipinski definition) is 2. The Kier molecular flexibility index (Phi) is 2.55. The summed E-state index contributed by atoms with van der Waals surface area (Å²) in [6.07, 6.45) is 1.12. The Hall–Kier alpha value is -0.0800. The van der Waals surface area contributed by atoms with E-state index >= 15 is 0 Å². The molecule has 0 bridgehead atoms. The van der Waals surface area contributed by atoms with Gasteiger partial charge < -0.3 is 10.4 Å². The van der Waals surface area contributed by atoms with Crippen molar-refractivity contribution < 1.29 is 5.11 Å². The Morgan fingerprint density at radius 3 is 2.64 bits per heavy atom. The third-order valence-electron chi connectivity index (χ3n) is 2.51. The summed E-state index contributed by atoms with van der Waals surface area (Å²) in [6.45, 7) is 8.07. The second-order valence-corrected chi connectivity index (χ2v) is 4.31. The minimum atomic E-state index is -0.468. The van der Waals surface area contributed by atoms with Gasteiger partial charge in [0.25, 0.3) is 0 Å². The van der Waals surface area contributed by atoms with Crippen LogP contribution >= 0.6 is 0 Å². The number of hydrogen-bond donors (Lipinski definition) is 2. The molecule has 0 amide bonds. The normalized spacial score (nSPS) is 38.5. The quantitative estimate of drug-likeness (QED) is 0.627. The first-order chi connectivity index (χ1) is 5.02. The minimum Gasteiger partial charge on any atom is -0.389 e. The molecule has 66 valence electrons. The van der Waals surface area contributed by atoms with Crippen molar-refractivity contribution in [3.8, 4) is 0 Å². The molecular formula is C9H19NO. The zero-order valence-corrected chi connectivity index (χ0v) is 7.72. The van der Waals surface area contributed by atoms with Gasteiger partial charge in [-0.15, -0.1) is 0 Å². The van der Waals surface area contributed by atoms with Gasteiger partial charge in [-0.1, -0.05) is 13.8 Å². The van der Waals surface area contributed by atoms with Crippen LogP contribution in [0.4, 0.5) is 0 Å². The smallest absolute Gasteiger partial charge is 0.0783 e. The summed E-state index contributed by atoms with van der Waals surface area (Å²) in [4.78, 5) is 0. The van der Waals surface area contributed by atoms with Crippen LogP contribution in [0, 0.1) is 11.8 Å². The summed E-state index contributed by atoms with van der Waals surface area (Å²) in [6, 6.07) is 0. The van der Waals surface area contributed by atoms with Crippen LogP contribution in [-0.4, -0.2) is 23.8 Å². The highest BCUT2D eigenvalue weighted by molar-refractivity contribution is 4.91. The van der Waals surface area contributed by atoms with Crippen LogP contribution in [0.25, 0.3) is 0 Å². The van der Waals surface area contributed by atoms with Gasteiger partial charge in [0, 0.05) is 19.0 Å². The van der Waals surface area contributed by atoms with Crippen molar-refractivity contribution in [1.82, 2.24) is 5.32 Å². The zero-order chi connectivity index (χ0) is 8.48. The fourth-order valence-electron chi connectivity index (χ4n) is 1.77. The number of β-amino-alcohol motifs (C(OH)–C–C–N with tert-alkyl or cyclic N) is 1. The molecular weight excluding hydrogens is 138 g/mol. The van der Waals surface area contributed by atoms with Gasteiger partial charge >= 0.3 is 0 Å². The second kappa shape index (κ2) is 3.11. The van der Waals surface area contributed by atoms with E-state index in [-0.39, 0.29) is 0 Å². The van der Waals surface area contributed by atoms with Gasteiger partial charge in [0.05, 0.1) is 5.60 Å². The Bertz CT molecular complexity index is 132. The van der Waals surface area contributed by atoms with Crippen molar-refractivity contribution in [2.45, 2.75) is 32.8 Å². The molecule has 0 saturated carbocycles. The standard InChI is InChI=1S/C9H19NO/c1-7(2)4-8-5-10-6-9(8,3)11/h7-8,10-11H,4-6H2,1-3H3. The van der Waals surface area contributed by atoms with Crippen LogP contribution in [-0.2, 0) is 0 Å². The highest BCUT2D eigenvalue weighted by Gasteiger charge is 2.36. The van der Waals surface area contributed by atoms with Gasteiger partial charge in [0.15, 0.2) is 0 Å². The first kappa shape index (κ1) is 9.01. The summed E-state index contributed by atoms with van der Waals surface area (Å²) in [7, 11) is 0. The lowest BCUT2D eigenvalue weighted by Crippen LogP contribution is -2.34. The van der Waals surface area contributed by atoms with Gasteiger partial charge in [0.2, 0.25) is 0 Å². The van der Waals surface area contributed by atoms with Crippen LogP contribution in [0.5, 0.6) is 0 Å². The Morgan fingerprint density at radius 1 is 1.64 bits per heavy atom. The maximum atomic E-state index is 9.84. The SMILES string of the molecule is CC(C)CC1CNCC1(C)O. The maximum Gasteiger partial charge on any atom is 0.0783 e. The summed E-state index contributed by atoms with van der Waals surface area (Å²) in [5, 5.41) is 13.1. The molecule has 2 N–H and O–H groups in total.